The fourth-order valence-electron chi connectivity index (χ4n) is 2.10. The number of hydrogen-bond acceptors (Lipinski definition) is 6. The van der Waals surface area contributed by atoms with Gasteiger partial charge in [-0.3, -0.25) is 9.98 Å². The summed E-state index contributed by atoms with van der Waals surface area (Å²) in [6.45, 7) is 7.77. The Balaban J connectivity index is 1.98. The van der Waals surface area contributed by atoms with Crippen LogP contribution in [0.15, 0.2) is 20.2 Å². The van der Waals surface area contributed by atoms with Crippen molar-refractivity contribution in [1.82, 2.24) is 10.6 Å². The van der Waals surface area contributed by atoms with Gasteiger partial charge in [-0.15, -0.1) is 0 Å². The third-order valence-corrected chi connectivity index (χ3v) is 3.15. The molecule has 18 heavy (non-hydrogen) atoms. The molecule has 0 aromatic carbocycles. The maximum Gasteiger partial charge on any atom is 0.127 e. The van der Waals surface area contributed by atoms with Crippen molar-refractivity contribution in [1.29, 1.82) is 0 Å². The molecule has 0 aliphatic carbocycles. The summed E-state index contributed by atoms with van der Waals surface area (Å²) in [4.78, 5) is 8.83. The molecule has 2 atom stereocenters. The first kappa shape index (κ1) is 13.0. The molecule has 6 heteroatoms. The van der Waals surface area contributed by atoms with E-state index in [1.165, 1.54) is 0 Å². The smallest absolute Gasteiger partial charge is 0.127 e. The lowest BCUT2D eigenvalue weighted by Crippen LogP contribution is -2.32. The van der Waals surface area contributed by atoms with Crippen LogP contribution in [-0.4, -0.2) is 49.9 Å². The quantitative estimate of drug-likeness (QED) is 0.690. The summed E-state index contributed by atoms with van der Waals surface area (Å²) >= 11 is 0. The lowest BCUT2D eigenvalue weighted by molar-refractivity contribution is 0.673. The molecule has 100 valence electrons. The van der Waals surface area contributed by atoms with Crippen LogP contribution in [0.25, 0.3) is 0 Å². The van der Waals surface area contributed by atoms with Crippen LogP contribution < -0.4 is 10.6 Å². The van der Waals surface area contributed by atoms with Crippen LogP contribution >= 0.6 is 0 Å². The minimum absolute atomic E-state index is 0.0727. The number of nitrogens with zero attached hydrogens (tertiary/aromatic N) is 4. The summed E-state index contributed by atoms with van der Waals surface area (Å²) < 4.78 is 0. The third kappa shape index (κ3) is 3.05. The highest BCUT2D eigenvalue weighted by atomic mass is 15.2. The first-order chi connectivity index (χ1) is 8.85. The van der Waals surface area contributed by atoms with E-state index in [4.69, 9.17) is 0 Å². The molecule has 0 fully saturated rings. The van der Waals surface area contributed by atoms with E-state index in [1.807, 2.05) is 0 Å². The number of hydrogen-bond donors (Lipinski definition) is 2. The third-order valence-electron chi connectivity index (χ3n) is 3.15. The van der Waals surface area contributed by atoms with Gasteiger partial charge in [0.1, 0.15) is 23.8 Å². The van der Waals surface area contributed by atoms with E-state index in [-0.39, 0.29) is 12.1 Å². The minimum atomic E-state index is 0.0727. The van der Waals surface area contributed by atoms with Crippen molar-refractivity contribution >= 4 is 11.7 Å². The van der Waals surface area contributed by atoms with Crippen molar-refractivity contribution in [3.8, 4) is 0 Å². The van der Waals surface area contributed by atoms with E-state index in [0.717, 1.165) is 50.7 Å². The van der Waals surface area contributed by atoms with E-state index in [0.29, 0.717) is 0 Å². The van der Waals surface area contributed by atoms with Crippen LogP contribution in [0.2, 0.25) is 0 Å². The largest absolute Gasteiger partial charge is 0.370 e. The van der Waals surface area contributed by atoms with E-state index < -0.39 is 0 Å². The van der Waals surface area contributed by atoms with Crippen molar-refractivity contribution in [2.45, 2.75) is 38.8 Å². The zero-order valence-corrected chi connectivity index (χ0v) is 11.2. The summed E-state index contributed by atoms with van der Waals surface area (Å²) in [5, 5.41) is 15.4. The lowest BCUT2D eigenvalue weighted by Gasteiger charge is -2.13. The minimum Gasteiger partial charge on any atom is -0.370 e. The van der Waals surface area contributed by atoms with Crippen LogP contribution in [-0.2, 0) is 0 Å². The van der Waals surface area contributed by atoms with Gasteiger partial charge in [0.15, 0.2) is 0 Å². The molecule has 2 aliphatic rings. The monoisotopic (exact) mass is 250 g/mol. The zero-order valence-electron chi connectivity index (χ0n) is 11.2. The molecule has 6 nitrogen and oxygen atoms in total. The van der Waals surface area contributed by atoms with Gasteiger partial charge < -0.3 is 10.6 Å². The van der Waals surface area contributed by atoms with E-state index in [9.17, 15) is 0 Å². The summed E-state index contributed by atoms with van der Waals surface area (Å²) in [7, 11) is 0. The number of amidine groups is 2. The lowest BCUT2D eigenvalue weighted by atomic mass is 10.2. The molecule has 0 saturated heterocycles. The Morgan fingerprint density at radius 3 is 1.67 bits per heavy atom. The average Bonchev–Trinajstić information content (AvgIpc) is 3.07. The predicted octanol–water partition coefficient (Wildman–Crippen LogP) is 0.999. The Labute approximate surface area is 108 Å². The van der Waals surface area contributed by atoms with Gasteiger partial charge in [0.2, 0.25) is 0 Å². The molecule has 2 rings (SSSR count). The van der Waals surface area contributed by atoms with Crippen LogP contribution in [0.3, 0.4) is 0 Å². The summed E-state index contributed by atoms with van der Waals surface area (Å²) in [5.41, 5.74) is 0. The Kier molecular flexibility index (Phi) is 4.66. The molecule has 0 aromatic rings. The highest BCUT2D eigenvalue weighted by Crippen LogP contribution is 2.08. The normalized spacial score (nSPS) is 22.3. The van der Waals surface area contributed by atoms with Gasteiger partial charge in [0.05, 0.1) is 13.1 Å². The number of azo groups is 1. The second-order valence-electron chi connectivity index (χ2n) is 4.47. The van der Waals surface area contributed by atoms with Crippen molar-refractivity contribution in [3.05, 3.63) is 0 Å². The van der Waals surface area contributed by atoms with E-state index in [1.54, 1.807) is 0 Å². The SMILES string of the molecule is CCC(N=NC(CC)C1=NCCN1)C1=NCCN1. The van der Waals surface area contributed by atoms with Gasteiger partial charge in [0, 0.05) is 13.1 Å². The maximum absolute atomic E-state index is 4.45. The Morgan fingerprint density at radius 2 is 1.39 bits per heavy atom. The van der Waals surface area contributed by atoms with Gasteiger partial charge >= 0.3 is 0 Å². The predicted molar refractivity (Wildman–Crippen MR) is 73.6 cm³/mol. The fraction of sp³-hybridized carbons (Fsp3) is 0.833. The topological polar surface area (TPSA) is 73.5 Å². The van der Waals surface area contributed by atoms with Gasteiger partial charge in [-0.25, -0.2) is 0 Å². The van der Waals surface area contributed by atoms with Crippen LogP contribution in [0.1, 0.15) is 26.7 Å². The summed E-state index contributed by atoms with van der Waals surface area (Å²) in [6, 6.07) is 0.145. The maximum atomic E-state index is 4.45. The van der Waals surface area contributed by atoms with Gasteiger partial charge in [-0.05, 0) is 12.8 Å². The molecule has 2 unspecified atom stereocenters. The van der Waals surface area contributed by atoms with Crippen molar-refractivity contribution < 1.29 is 0 Å². The molecule has 0 amide bonds. The van der Waals surface area contributed by atoms with Gasteiger partial charge in [0.25, 0.3) is 0 Å². The van der Waals surface area contributed by atoms with Crippen molar-refractivity contribution in [2.75, 3.05) is 26.2 Å². The molecule has 0 spiro atoms. The molecular weight excluding hydrogens is 228 g/mol. The van der Waals surface area contributed by atoms with Crippen LogP contribution in [0, 0.1) is 0 Å². The highest BCUT2D eigenvalue weighted by Gasteiger charge is 2.19. The Bertz CT molecular complexity index is 326. The van der Waals surface area contributed by atoms with Crippen molar-refractivity contribution in [2.24, 2.45) is 20.2 Å². The van der Waals surface area contributed by atoms with Crippen LogP contribution in [0.5, 0.6) is 0 Å². The molecule has 0 bridgehead atoms. The van der Waals surface area contributed by atoms with Gasteiger partial charge in [-0.2, -0.15) is 10.2 Å². The average molecular weight is 250 g/mol. The molecular formula is C12H22N6. The number of aliphatic imine (C=N–C) groups is 2. The second kappa shape index (κ2) is 6.47. The first-order valence-electron chi connectivity index (χ1n) is 6.81. The first-order valence-corrected chi connectivity index (χ1v) is 6.81. The molecule has 0 saturated carbocycles. The van der Waals surface area contributed by atoms with E-state index in [2.05, 4.69) is 44.7 Å². The highest BCUT2D eigenvalue weighted by molar-refractivity contribution is 5.89. The summed E-state index contributed by atoms with van der Waals surface area (Å²) in [6.07, 6.45) is 1.84. The fourth-order valence-corrected chi connectivity index (χ4v) is 2.10. The molecule has 2 aliphatic heterocycles. The molecule has 0 radical (unpaired) electrons. The number of rotatable bonds is 6. The van der Waals surface area contributed by atoms with E-state index >= 15 is 0 Å². The Morgan fingerprint density at radius 1 is 0.944 bits per heavy atom. The molecule has 0 aromatic heterocycles. The zero-order chi connectivity index (χ0) is 12.8. The molecule has 2 heterocycles. The standard InChI is InChI=1S/C12H22N6/c1-3-9(11-13-5-6-14-11)17-18-10(4-2)12-15-7-8-16-12/h9-10H,3-8H2,1-2H3,(H,13,14)(H,15,16). The van der Waals surface area contributed by atoms with Gasteiger partial charge in [-0.1, -0.05) is 13.8 Å². The van der Waals surface area contributed by atoms with Crippen LogP contribution in [0.4, 0.5) is 0 Å². The van der Waals surface area contributed by atoms with Crippen molar-refractivity contribution in [3.63, 3.8) is 0 Å². The summed E-state index contributed by atoms with van der Waals surface area (Å²) in [5.74, 6) is 1.97. The second-order valence-corrected chi connectivity index (χ2v) is 4.47. The Hall–Kier alpha value is -1.46. The number of nitrogens with one attached hydrogen (secondary N) is 2. The molecule has 2 N–H and O–H groups in total.